The molecule has 3 aliphatic heterocycles. The number of pyridine rings is 1. The second-order valence-corrected chi connectivity index (χ2v) is 20.0. The topological polar surface area (TPSA) is 168 Å². The Morgan fingerprint density at radius 3 is 2.39 bits per heavy atom. The second-order valence-electron chi connectivity index (χ2n) is 19.0. The van der Waals surface area contributed by atoms with Crippen LogP contribution in [0.3, 0.4) is 0 Å². The molecule has 0 unspecified atom stereocenters. The van der Waals surface area contributed by atoms with Crippen LogP contribution in [0.25, 0.3) is 21.1 Å². The molecule has 4 aliphatic rings. The van der Waals surface area contributed by atoms with Crippen molar-refractivity contribution in [2.24, 2.45) is 5.92 Å². The summed E-state index contributed by atoms with van der Waals surface area (Å²) in [4.78, 5) is 67.0. The number of halogens is 4. The first kappa shape index (κ1) is 49.2. The maximum Gasteiger partial charge on any atom is 0.270 e. The second kappa shape index (κ2) is 20.9. The molecule has 4 aromatic heterocycles. The van der Waals surface area contributed by atoms with Crippen molar-refractivity contribution >= 4 is 56.1 Å². The number of likely N-dealkylation sites (tertiary alicyclic amines) is 2. The van der Waals surface area contributed by atoms with E-state index in [0.29, 0.717) is 37.6 Å². The minimum Gasteiger partial charge on any atom is -0.489 e. The van der Waals surface area contributed by atoms with Gasteiger partial charge in [0.1, 0.15) is 36.2 Å². The van der Waals surface area contributed by atoms with Crippen LogP contribution in [0, 0.1) is 17.6 Å². The lowest BCUT2D eigenvalue weighted by atomic mass is 9.81. The Bertz CT molecular complexity index is 2690. The number of hydrogen-bond acceptors (Lipinski definition) is 12. The molecule has 0 bridgehead atoms. The molecule has 5 aromatic rings. The number of nitrogens with one attached hydrogen (secondary N) is 2. The molecular formula is C49H59F4N9O7S. The van der Waals surface area contributed by atoms with E-state index in [0.717, 1.165) is 54.0 Å². The van der Waals surface area contributed by atoms with Gasteiger partial charge in [-0.15, -0.1) is 11.3 Å². The van der Waals surface area contributed by atoms with Gasteiger partial charge in [0.25, 0.3) is 11.8 Å². The highest BCUT2D eigenvalue weighted by Gasteiger charge is 2.43. The summed E-state index contributed by atoms with van der Waals surface area (Å²) >= 11 is 1.62. The number of nitrogens with zero attached hydrogens (tertiary/aromatic N) is 7. The number of fused-ring (bicyclic) bond motifs is 2. The molecule has 0 radical (unpaired) electrons. The third-order valence-electron chi connectivity index (χ3n) is 14.5. The van der Waals surface area contributed by atoms with Gasteiger partial charge in [-0.3, -0.25) is 29.1 Å². The van der Waals surface area contributed by atoms with Crippen LogP contribution < -0.4 is 20.1 Å². The molecule has 70 heavy (non-hydrogen) atoms. The van der Waals surface area contributed by atoms with Gasteiger partial charge in [0.05, 0.1) is 34.4 Å². The predicted molar refractivity (Wildman–Crippen MR) is 252 cm³/mol. The summed E-state index contributed by atoms with van der Waals surface area (Å²) in [6, 6.07) is 7.08. The van der Waals surface area contributed by atoms with E-state index in [4.69, 9.17) is 14.0 Å². The normalized spacial score (nSPS) is 20.7. The van der Waals surface area contributed by atoms with Gasteiger partial charge in [0.15, 0.2) is 17.4 Å². The quantitative estimate of drug-likeness (QED) is 0.114. The molecule has 1 aliphatic carbocycles. The Morgan fingerprint density at radius 2 is 1.64 bits per heavy atom. The molecule has 9 rings (SSSR count). The fourth-order valence-electron chi connectivity index (χ4n) is 10.3. The van der Waals surface area contributed by atoms with Crippen LogP contribution in [-0.4, -0.2) is 147 Å². The molecule has 4 atom stereocenters. The van der Waals surface area contributed by atoms with Gasteiger partial charge in [-0.1, -0.05) is 0 Å². The molecule has 4 fully saturated rings. The summed E-state index contributed by atoms with van der Waals surface area (Å²) < 4.78 is 78.5. The Hall–Kier alpha value is -5.80. The van der Waals surface area contributed by atoms with E-state index in [1.807, 2.05) is 24.4 Å². The van der Waals surface area contributed by atoms with E-state index in [1.165, 1.54) is 20.4 Å². The van der Waals surface area contributed by atoms with Crippen molar-refractivity contribution in [1.82, 2.24) is 44.9 Å². The van der Waals surface area contributed by atoms with Gasteiger partial charge >= 0.3 is 0 Å². The van der Waals surface area contributed by atoms with Gasteiger partial charge in [-0.05, 0) is 100 Å². The maximum atomic E-state index is 14.8. The zero-order chi connectivity index (χ0) is 49.3. The average molecular weight is 994 g/mol. The van der Waals surface area contributed by atoms with Crippen molar-refractivity contribution in [2.45, 2.75) is 115 Å². The summed E-state index contributed by atoms with van der Waals surface area (Å²) in [5.41, 5.74) is 1.14. The number of benzene rings is 1. The van der Waals surface area contributed by atoms with Crippen molar-refractivity contribution in [2.75, 3.05) is 52.9 Å². The lowest BCUT2D eigenvalue weighted by Crippen LogP contribution is -2.59. The van der Waals surface area contributed by atoms with Crippen LogP contribution >= 0.6 is 11.3 Å². The van der Waals surface area contributed by atoms with Crippen LogP contribution in [0.15, 0.2) is 52.5 Å². The summed E-state index contributed by atoms with van der Waals surface area (Å²) in [6.07, 6.45) is 3.78. The third kappa shape index (κ3) is 10.8. The van der Waals surface area contributed by atoms with Gasteiger partial charge in [-0.2, -0.15) is 0 Å². The van der Waals surface area contributed by atoms with Crippen molar-refractivity contribution in [1.29, 1.82) is 0 Å². The van der Waals surface area contributed by atoms with E-state index < -0.39 is 59.4 Å². The highest BCUT2D eigenvalue weighted by molar-refractivity contribution is 7.17. The number of carbonyl (C=O) groups excluding carboxylic acids is 4. The number of alkyl halides is 2. The zero-order valence-corrected chi connectivity index (χ0v) is 40.3. The molecule has 376 valence electrons. The molecular weight excluding hydrogens is 935 g/mol. The molecule has 21 heteroatoms. The van der Waals surface area contributed by atoms with Gasteiger partial charge in [0.2, 0.25) is 23.6 Å². The molecule has 1 aromatic carbocycles. The monoisotopic (exact) mass is 993 g/mol. The van der Waals surface area contributed by atoms with E-state index in [9.17, 15) is 36.7 Å². The fourth-order valence-corrected chi connectivity index (χ4v) is 11.1. The molecule has 2 N–H and O–H groups in total. The average Bonchev–Trinajstić information content (AvgIpc) is 4.19. The maximum absolute atomic E-state index is 14.8. The highest BCUT2D eigenvalue weighted by atomic mass is 32.1. The summed E-state index contributed by atoms with van der Waals surface area (Å²) in [7, 11) is 1.60. The predicted octanol–water partition coefficient (Wildman–Crippen LogP) is 6.22. The standard InChI is InChI=1S/C49H59F4N9O7S/c1-29(54-3)46(64)56-44(31-6-12-49(52,53)13-7-31)48(66)60-20-18-59(19-21-60)47(65)40-24-32-23-35(50)36(51)26-39(32)62(40)28-43(63)61-15-4-5-38(61)30(2)67-42-25-34(69-57-42)27-58-16-9-33(10-17-58)68-41-8-14-55-37-11-22-70-45(37)41/h8,11,14,22-26,29-31,33,38,44,54H,4-7,9-10,12-13,15-21,27-28H2,1-3H3,(H,56,64)/t29-,30+,38-,44-/m0/s1. The number of likely N-dealkylation sites (N-methyl/N-ethyl adjacent to an activating group) is 1. The molecule has 7 heterocycles. The number of aromatic nitrogens is 3. The van der Waals surface area contributed by atoms with Crippen molar-refractivity contribution in [3.05, 3.63) is 71.1 Å². The number of piperazine rings is 1. The van der Waals surface area contributed by atoms with E-state index >= 15 is 0 Å². The van der Waals surface area contributed by atoms with Crippen LogP contribution in [0.1, 0.15) is 81.5 Å². The first-order valence-corrected chi connectivity index (χ1v) is 25.1. The number of thiophene rings is 1. The number of rotatable bonds is 15. The summed E-state index contributed by atoms with van der Waals surface area (Å²) in [5.74, 6) is -5.44. The van der Waals surface area contributed by atoms with Crippen molar-refractivity contribution in [3.63, 3.8) is 0 Å². The smallest absolute Gasteiger partial charge is 0.270 e. The van der Waals surface area contributed by atoms with Crippen LogP contribution in [0.5, 0.6) is 11.6 Å². The minimum atomic E-state index is -2.83. The lowest BCUT2D eigenvalue weighted by Gasteiger charge is -2.40. The summed E-state index contributed by atoms with van der Waals surface area (Å²) in [6.45, 7) is 6.06. The lowest BCUT2D eigenvalue weighted by molar-refractivity contribution is -0.141. The molecule has 1 saturated carbocycles. The zero-order valence-electron chi connectivity index (χ0n) is 39.5. The van der Waals surface area contributed by atoms with Crippen molar-refractivity contribution < 1.29 is 50.7 Å². The summed E-state index contributed by atoms with van der Waals surface area (Å²) in [5, 5.41) is 12.1. The van der Waals surface area contributed by atoms with Crippen LogP contribution in [0.2, 0.25) is 0 Å². The van der Waals surface area contributed by atoms with Crippen molar-refractivity contribution in [3.8, 4) is 11.6 Å². The highest BCUT2D eigenvalue weighted by Crippen LogP contribution is 2.38. The Labute approximate surface area is 406 Å². The molecule has 0 spiro atoms. The number of ether oxygens (including phenoxy) is 2. The van der Waals surface area contributed by atoms with E-state index in [-0.39, 0.29) is 93.1 Å². The number of carbonyl (C=O) groups is 4. The van der Waals surface area contributed by atoms with E-state index in [1.54, 1.807) is 42.5 Å². The number of amides is 4. The minimum absolute atomic E-state index is 0.0444. The Balaban J connectivity index is 0.818. The third-order valence-corrected chi connectivity index (χ3v) is 15.4. The van der Waals surface area contributed by atoms with Gasteiger partial charge in [-0.25, -0.2) is 17.6 Å². The van der Waals surface area contributed by atoms with Crippen LogP contribution in [-0.2, 0) is 27.5 Å². The van der Waals surface area contributed by atoms with Crippen LogP contribution in [0.4, 0.5) is 17.6 Å². The SMILES string of the molecule is CN[C@@H](C)C(=O)N[C@H](C(=O)N1CCN(C(=O)c2cc3cc(F)c(F)cc3n2CC(=O)N2CCC[C@H]2[C@@H](C)Oc2cc(CN3CCC(Oc4ccnc5ccsc45)CC3)on2)CC1)C1CCC(F)(F)CC1. The molecule has 3 saturated heterocycles. The Morgan fingerprint density at radius 1 is 0.914 bits per heavy atom. The Kier molecular flexibility index (Phi) is 14.7. The largest absolute Gasteiger partial charge is 0.489 e. The number of piperidine rings is 1. The van der Waals surface area contributed by atoms with Gasteiger partial charge < -0.3 is 43.9 Å². The first-order valence-electron chi connectivity index (χ1n) is 24.2. The first-order chi connectivity index (χ1) is 33.6. The van der Waals surface area contributed by atoms with Gasteiger partial charge in [0, 0.05) is 82.4 Å². The molecule has 4 amide bonds. The molecule has 16 nitrogen and oxygen atoms in total. The fraction of sp³-hybridized carbons (Fsp3) is 0.551. The van der Waals surface area contributed by atoms with E-state index in [2.05, 4.69) is 25.7 Å². The number of hydrogen-bond donors (Lipinski definition) is 2.